The molecular formula is C14H21N3O2. The molecular weight excluding hydrogens is 242 g/mol. The molecule has 1 aliphatic heterocycles. The predicted molar refractivity (Wildman–Crippen MR) is 75.7 cm³/mol. The zero-order valence-corrected chi connectivity index (χ0v) is 11.6. The van der Waals surface area contributed by atoms with Gasteiger partial charge in [0, 0.05) is 37.9 Å². The third kappa shape index (κ3) is 3.24. The van der Waals surface area contributed by atoms with Gasteiger partial charge in [0.1, 0.15) is 5.75 Å². The summed E-state index contributed by atoms with van der Waals surface area (Å²) in [5.74, 6) is 0.813. The summed E-state index contributed by atoms with van der Waals surface area (Å²) in [6.45, 7) is 3.57. The second kappa shape index (κ2) is 6.04. The van der Waals surface area contributed by atoms with Crippen LogP contribution in [0, 0.1) is 0 Å². The average molecular weight is 263 g/mol. The van der Waals surface area contributed by atoms with E-state index in [2.05, 4.69) is 17.6 Å². The normalized spacial score (nSPS) is 22.9. The van der Waals surface area contributed by atoms with E-state index in [1.807, 2.05) is 24.3 Å². The Balaban J connectivity index is 2.05. The molecule has 2 rings (SSSR count). The molecule has 1 aromatic rings. The molecule has 0 radical (unpaired) electrons. The lowest BCUT2D eigenvalue weighted by molar-refractivity contribution is -0.120. The molecule has 2 unspecified atom stereocenters. The van der Waals surface area contributed by atoms with Crippen molar-refractivity contribution in [2.45, 2.75) is 19.0 Å². The molecule has 2 atom stereocenters. The van der Waals surface area contributed by atoms with E-state index >= 15 is 0 Å². The highest BCUT2D eigenvalue weighted by atomic mass is 16.5. The van der Waals surface area contributed by atoms with E-state index in [1.165, 1.54) is 0 Å². The van der Waals surface area contributed by atoms with E-state index < -0.39 is 0 Å². The summed E-state index contributed by atoms with van der Waals surface area (Å²) in [5.41, 5.74) is 0.838. The lowest BCUT2D eigenvalue weighted by atomic mass is 10.1. The standard InChI is InChI=1S/C14H21N3O2/c1-10-8-16-13(9-15-10)14(18)17(2)11-5-4-6-12(7-11)19-3/h4-7,10,13,15-16H,8-9H2,1-3H3. The first-order valence-corrected chi connectivity index (χ1v) is 6.50. The van der Waals surface area contributed by atoms with Crippen LogP contribution in [0.5, 0.6) is 5.75 Å². The molecule has 1 amide bonds. The largest absolute Gasteiger partial charge is 0.497 e. The van der Waals surface area contributed by atoms with Gasteiger partial charge in [-0.25, -0.2) is 0 Å². The average Bonchev–Trinajstić information content (AvgIpc) is 2.46. The number of ether oxygens (including phenoxy) is 1. The Morgan fingerprint density at radius 3 is 2.79 bits per heavy atom. The number of carbonyl (C=O) groups excluding carboxylic acids is 1. The molecule has 1 aromatic carbocycles. The fraction of sp³-hybridized carbons (Fsp3) is 0.500. The minimum absolute atomic E-state index is 0.0626. The maximum Gasteiger partial charge on any atom is 0.245 e. The van der Waals surface area contributed by atoms with Crippen molar-refractivity contribution in [1.82, 2.24) is 10.6 Å². The van der Waals surface area contributed by atoms with Crippen molar-refractivity contribution in [2.24, 2.45) is 0 Å². The number of amides is 1. The van der Waals surface area contributed by atoms with Crippen LogP contribution in [0.3, 0.4) is 0 Å². The first-order valence-electron chi connectivity index (χ1n) is 6.50. The molecule has 0 saturated carbocycles. The third-order valence-corrected chi connectivity index (χ3v) is 3.41. The van der Waals surface area contributed by atoms with Crippen molar-refractivity contribution in [3.05, 3.63) is 24.3 Å². The molecule has 0 aromatic heterocycles. The number of hydrogen-bond donors (Lipinski definition) is 2. The molecule has 1 saturated heterocycles. The highest BCUT2D eigenvalue weighted by Crippen LogP contribution is 2.20. The van der Waals surface area contributed by atoms with Crippen molar-refractivity contribution < 1.29 is 9.53 Å². The van der Waals surface area contributed by atoms with Crippen LogP contribution in [0.1, 0.15) is 6.92 Å². The second-order valence-corrected chi connectivity index (χ2v) is 4.87. The minimum atomic E-state index is -0.174. The number of methoxy groups -OCH3 is 1. The molecule has 1 heterocycles. The van der Waals surface area contributed by atoms with Crippen molar-refractivity contribution in [1.29, 1.82) is 0 Å². The van der Waals surface area contributed by atoms with Crippen LogP contribution >= 0.6 is 0 Å². The molecule has 0 bridgehead atoms. The summed E-state index contributed by atoms with van der Waals surface area (Å²) in [6.07, 6.45) is 0. The fourth-order valence-electron chi connectivity index (χ4n) is 2.14. The Morgan fingerprint density at radius 1 is 1.37 bits per heavy atom. The Kier molecular flexibility index (Phi) is 4.39. The van der Waals surface area contributed by atoms with Gasteiger partial charge >= 0.3 is 0 Å². The van der Waals surface area contributed by atoms with Crippen LogP contribution in [0.4, 0.5) is 5.69 Å². The van der Waals surface area contributed by atoms with Crippen LogP contribution in [0.25, 0.3) is 0 Å². The van der Waals surface area contributed by atoms with Crippen LogP contribution in [-0.4, -0.2) is 45.2 Å². The zero-order valence-electron chi connectivity index (χ0n) is 11.6. The topological polar surface area (TPSA) is 53.6 Å². The summed E-state index contributed by atoms with van der Waals surface area (Å²) in [6, 6.07) is 7.74. The van der Waals surface area contributed by atoms with Gasteiger partial charge in [0.05, 0.1) is 13.2 Å². The first-order chi connectivity index (χ1) is 9.11. The number of nitrogens with one attached hydrogen (secondary N) is 2. The summed E-state index contributed by atoms with van der Waals surface area (Å²) in [7, 11) is 3.41. The Bertz CT molecular complexity index is 442. The molecule has 5 nitrogen and oxygen atoms in total. The number of piperazine rings is 1. The van der Waals surface area contributed by atoms with Gasteiger partial charge in [0.2, 0.25) is 5.91 Å². The zero-order chi connectivity index (χ0) is 13.8. The minimum Gasteiger partial charge on any atom is -0.497 e. The second-order valence-electron chi connectivity index (χ2n) is 4.87. The third-order valence-electron chi connectivity index (χ3n) is 3.41. The highest BCUT2D eigenvalue weighted by Gasteiger charge is 2.26. The number of anilines is 1. The van der Waals surface area contributed by atoms with E-state index in [9.17, 15) is 4.79 Å². The lowest BCUT2D eigenvalue weighted by Gasteiger charge is -2.31. The first kappa shape index (κ1) is 13.8. The number of nitrogens with zero attached hydrogens (tertiary/aromatic N) is 1. The van der Waals surface area contributed by atoms with Crippen LogP contribution in [-0.2, 0) is 4.79 Å². The molecule has 2 N–H and O–H groups in total. The van der Waals surface area contributed by atoms with Gasteiger partial charge < -0.3 is 20.3 Å². The van der Waals surface area contributed by atoms with Crippen molar-refractivity contribution >= 4 is 11.6 Å². The van der Waals surface area contributed by atoms with E-state index in [0.717, 1.165) is 18.0 Å². The number of benzene rings is 1. The van der Waals surface area contributed by atoms with Gasteiger partial charge in [-0.3, -0.25) is 4.79 Å². The maximum atomic E-state index is 12.4. The molecule has 19 heavy (non-hydrogen) atoms. The molecule has 1 fully saturated rings. The fourth-order valence-corrected chi connectivity index (χ4v) is 2.14. The van der Waals surface area contributed by atoms with E-state index in [0.29, 0.717) is 12.6 Å². The van der Waals surface area contributed by atoms with Crippen LogP contribution in [0.2, 0.25) is 0 Å². The van der Waals surface area contributed by atoms with Gasteiger partial charge in [-0.05, 0) is 19.1 Å². The highest BCUT2D eigenvalue weighted by molar-refractivity contribution is 5.97. The van der Waals surface area contributed by atoms with Crippen molar-refractivity contribution in [2.75, 3.05) is 32.1 Å². The number of likely N-dealkylation sites (N-methyl/N-ethyl adjacent to an activating group) is 1. The lowest BCUT2D eigenvalue weighted by Crippen LogP contribution is -2.59. The van der Waals surface area contributed by atoms with Crippen molar-refractivity contribution in [3.8, 4) is 5.75 Å². The van der Waals surface area contributed by atoms with Gasteiger partial charge in [-0.2, -0.15) is 0 Å². The Morgan fingerprint density at radius 2 is 2.16 bits per heavy atom. The Hall–Kier alpha value is -1.59. The monoisotopic (exact) mass is 263 g/mol. The Labute approximate surface area is 113 Å². The van der Waals surface area contributed by atoms with E-state index in [1.54, 1.807) is 19.1 Å². The number of rotatable bonds is 3. The SMILES string of the molecule is COc1cccc(N(C)C(=O)C2CNC(C)CN2)c1. The summed E-state index contributed by atoms with van der Waals surface area (Å²) >= 11 is 0. The quantitative estimate of drug-likeness (QED) is 0.839. The van der Waals surface area contributed by atoms with Crippen LogP contribution < -0.4 is 20.3 Å². The van der Waals surface area contributed by atoms with Gasteiger partial charge in [0.25, 0.3) is 0 Å². The number of hydrogen-bond acceptors (Lipinski definition) is 4. The molecule has 1 aliphatic rings. The summed E-state index contributed by atoms with van der Waals surface area (Å²) < 4.78 is 5.18. The predicted octanol–water partition coefficient (Wildman–Crippen LogP) is 0.608. The molecule has 5 heteroatoms. The summed E-state index contributed by atoms with van der Waals surface area (Å²) in [5, 5.41) is 6.57. The van der Waals surface area contributed by atoms with Gasteiger partial charge in [-0.1, -0.05) is 6.07 Å². The van der Waals surface area contributed by atoms with Crippen LogP contribution in [0.15, 0.2) is 24.3 Å². The molecule has 104 valence electrons. The smallest absolute Gasteiger partial charge is 0.245 e. The van der Waals surface area contributed by atoms with Crippen molar-refractivity contribution in [3.63, 3.8) is 0 Å². The van der Waals surface area contributed by atoms with E-state index in [-0.39, 0.29) is 11.9 Å². The molecule has 0 aliphatic carbocycles. The van der Waals surface area contributed by atoms with E-state index in [4.69, 9.17) is 4.74 Å². The number of carbonyl (C=O) groups is 1. The van der Waals surface area contributed by atoms with Gasteiger partial charge in [0.15, 0.2) is 0 Å². The molecule has 0 spiro atoms. The van der Waals surface area contributed by atoms with Gasteiger partial charge in [-0.15, -0.1) is 0 Å². The summed E-state index contributed by atoms with van der Waals surface area (Å²) in [4.78, 5) is 14.1. The maximum absolute atomic E-state index is 12.4.